The highest BCUT2D eigenvalue weighted by atomic mass is 35.5. The number of quaternary nitrogens is 1. The molecule has 4 heteroatoms. The number of hydrogen-bond donors (Lipinski definition) is 0. The SMILES string of the molecule is CCCCCCCCCCOC(=O)C[N+](C)(C)C1C2CC3CC(C2)CC1C3.[Cl-]. The zero-order valence-electron chi connectivity index (χ0n) is 18.6. The van der Waals surface area contributed by atoms with Crippen LogP contribution in [0.15, 0.2) is 0 Å². The van der Waals surface area contributed by atoms with E-state index in [1.54, 1.807) is 0 Å². The lowest BCUT2D eigenvalue weighted by molar-refractivity contribution is -0.919. The number of likely N-dealkylation sites (N-methyl/N-ethyl adjacent to an activating group) is 1. The maximum atomic E-state index is 12.5. The van der Waals surface area contributed by atoms with Crippen molar-refractivity contribution in [3.63, 3.8) is 0 Å². The van der Waals surface area contributed by atoms with Crippen molar-refractivity contribution in [2.75, 3.05) is 27.2 Å². The van der Waals surface area contributed by atoms with Gasteiger partial charge in [-0.15, -0.1) is 0 Å². The predicted octanol–water partition coefficient (Wildman–Crippen LogP) is 2.58. The van der Waals surface area contributed by atoms with Gasteiger partial charge in [0.1, 0.15) is 0 Å². The summed E-state index contributed by atoms with van der Waals surface area (Å²) in [4.78, 5) is 12.5. The van der Waals surface area contributed by atoms with Gasteiger partial charge in [0, 0.05) is 11.8 Å². The number of rotatable bonds is 12. The second-order valence-electron chi connectivity index (χ2n) is 10.6. The maximum Gasteiger partial charge on any atom is 0.361 e. The van der Waals surface area contributed by atoms with Crippen molar-refractivity contribution < 1.29 is 26.4 Å². The number of halogens is 1. The van der Waals surface area contributed by atoms with Gasteiger partial charge in [0.2, 0.25) is 0 Å². The summed E-state index contributed by atoms with van der Waals surface area (Å²) < 4.78 is 6.46. The summed E-state index contributed by atoms with van der Waals surface area (Å²) in [6, 6.07) is 0.688. The highest BCUT2D eigenvalue weighted by Crippen LogP contribution is 2.55. The molecule has 0 spiro atoms. The highest BCUT2D eigenvalue weighted by molar-refractivity contribution is 5.70. The fraction of sp³-hybridized carbons (Fsp3) is 0.958. The second-order valence-corrected chi connectivity index (χ2v) is 10.6. The molecule has 4 saturated carbocycles. The molecule has 4 bridgehead atoms. The number of nitrogens with zero attached hydrogens (tertiary/aromatic N) is 1. The molecular formula is C24H44ClNO2. The van der Waals surface area contributed by atoms with Crippen LogP contribution in [0.2, 0.25) is 0 Å². The molecule has 164 valence electrons. The fourth-order valence-electron chi connectivity index (χ4n) is 6.94. The Bertz CT molecular complexity index is 451. The van der Waals surface area contributed by atoms with Crippen LogP contribution in [-0.4, -0.2) is 43.7 Å². The smallest absolute Gasteiger partial charge is 0.361 e. The second kappa shape index (κ2) is 11.2. The fourth-order valence-corrected chi connectivity index (χ4v) is 6.94. The molecule has 0 aromatic rings. The van der Waals surface area contributed by atoms with Gasteiger partial charge in [-0.2, -0.15) is 0 Å². The quantitative estimate of drug-likeness (QED) is 0.279. The van der Waals surface area contributed by atoms with Gasteiger partial charge in [0.15, 0.2) is 6.54 Å². The van der Waals surface area contributed by atoms with Crippen LogP contribution in [0.25, 0.3) is 0 Å². The van der Waals surface area contributed by atoms with Crippen LogP contribution >= 0.6 is 0 Å². The molecule has 0 unspecified atom stereocenters. The molecule has 0 N–H and O–H groups in total. The average molecular weight is 414 g/mol. The molecule has 0 atom stereocenters. The monoisotopic (exact) mass is 413 g/mol. The lowest BCUT2D eigenvalue weighted by Gasteiger charge is -2.58. The summed E-state index contributed by atoms with van der Waals surface area (Å²) in [5.74, 6) is 3.74. The van der Waals surface area contributed by atoms with Crippen LogP contribution in [-0.2, 0) is 9.53 Å². The van der Waals surface area contributed by atoms with Crippen LogP contribution in [0, 0.1) is 23.7 Å². The number of carbonyl (C=O) groups is 1. The molecule has 4 aliphatic rings. The number of hydrogen-bond acceptors (Lipinski definition) is 2. The van der Waals surface area contributed by atoms with Crippen LogP contribution < -0.4 is 12.4 Å². The van der Waals surface area contributed by atoms with E-state index in [0.717, 1.165) is 34.6 Å². The Morgan fingerprint density at radius 1 is 0.821 bits per heavy atom. The lowest BCUT2D eigenvalue weighted by atomic mass is 9.53. The summed E-state index contributed by atoms with van der Waals surface area (Å²) in [7, 11) is 4.56. The summed E-state index contributed by atoms with van der Waals surface area (Å²) in [5.41, 5.74) is 0. The average Bonchev–Trinajstić information content (AvgIpc) is 2.58. The van der Waals surface area contributed by atoms with Gasteiger partial charge in [-0.1, -0.05) is 51.9 Å². The Morgan fingerprint density at radius 3 is 1.86 bits per heavy atom. The van der Waals surface area contributed by atoms with E-state index in [1.807, 2.05) is 0 Å². The summed E-state index contributed by atoms with van der Waals surface area (Å²) in [5, 5.41) is 0. The lowest BCUT2D eigenvalue weighted by Crippen LogP contribution is -3.00. The van der Waals surface area contributed by atoms with Gasteiger partial charge in [0.05, 0.1) is 26.7 Å². The minimum atomic E-state index is 0. The summed E-state index contributed by atoms with van der Waals surface area (Å²) in [6.07, 6.45) is 17.5. The Hall–Kier alpha value is -0.280. The van der Waals surface area contributed by atoms with Crippen molar-refractivity contribution in [3.8, 4) is 0 Å². The van der Waals surface area contributed by atoms with Crippen molar-refractivity contribution in [3.05, 3.63) is 0 Å². The Balaban J connectivity index is 0.00000280. The molecule has 0 heterocycles. The summed E-state index contributed by atoms with van der Waals surface area (Å²) in [6.45, 7) is 3.44. The van der Waals surface area contributed by atoms with Crippen molar-refractivity contribution in [1.82, 2.24) is 0 Å². The molecule has 4 aliphatic carbocycles. The van der Waals surface area contributed by atoms with Crippen LogP contribution in [0.1, 0.15) is 90.4 Å². The van der Waals surface area contributed by atoms with E-state index in [0.29, 0.717) is 19.2 Å². The largest absolute Gasteiger partial charge is 1.00 e. The predicted molar refractivity (Wildman–Crippen MR) is 111 cm³/mol. The Labute approximate surface area is 180 Å². The van der Waals surface area contributed by atoms with Crippen LogP contribution in [0.5, 0.6) is 0 Å². The number of unbranched alkanes of at least 4 members (excludes halogenated alkanes) is 7. The number of carbonyl (C=O) groups excluding carboxylic acids is 1. The summed E-state index contributed by atoms with van der Waals surface area (Å²) >= 11 is 0. The van der Waals surface area contributed by atoms with Crippen molar-refractivity contribution in [2.24, 2.45) is 23.7 Å². The Morgan fingerprint density at radius 2 is 1.32 bits per heavy atom. The molecule has 3 nitrogen and oxygen atoms in total. The molecule has 4 rings (SSSR count). The Kier molecular flexibility index (Phi) is 9.60. The van der Waals surface area contributed by atoms with Crippen molar-refractivity contribution in [2.45, 2.75) is 96.4 Å². The van der Waals surface area contributed by atoms with Gasteiger partial charge >= 0.3 is 5.97 Å². The first-order valence-corrected chi connectivity index (χ1v) is 12.0. The van der Waals surface area contributed by atoms with E-state index < -0.39 is 0 Å². The van der Waals surface area contributed by atoms with E-state index in [2.05, 4.69) is 21.0 Å². The van der Waals surface area contributed by atoms with Gasteiger partial charge < -0.3 is 21.6 Å². The molecule has 28 heavy (non-hydrogen) atoms. The molecule has 0 aromatic heterocycles. The van der Waals surface area contributed by atoms with Gasteiger partial charge in [0.25, 0.3) is 0 Å². The van der Waals surface area contributed by atoms with E-state index in [-0.39, 0.29) is 18.4 Å². The zero-order chi connectivity index (χ0) is 19.3. The minimum absolute atomic E-state index is 0. The first-order valence-electron chi connectivity index (χ1n) is 12.0. The van der Waals surface area contributed by atoms with Gasteiger partial charge in [-0.3, -0.25) is 0 Å². The third kappa shape index (κ3) is 6.36. The normalized spacial score (nSPS) is 30.9. The van der Waals surface area contributed by atoms with Gasteiger partial charge in [-0.25, -0.2) is 4.79 Å². The van der Waals surface area contributed by atoms with Crippen molar-refractivity contribution in [1.29, 1.82) is 0 Å². The highest BCUT2D eigenvalue weighted by Gasteiger charge is 2.54. The molecule has 4 fully saturated rings. The molecule has 0 saturated heterocycles. The standard InChI is InChI=1S/C24H44NO2.ClH/c1-4-5-6-7-8-9-10-11-12-27-23(26)18-25(2,3)24-21-14-19-13-20(16-21)17-22(24)15-19;/h19-22,24H,4-18H2,1-3H3;1H/q+1;/p-1. The third-order valence-corrected chi connectivity index (χ3v) is 7.78. The molecule has 0 amide bonds. The van der Waals surface area contributed by atoms with Gasteiger partial charge in [-0.05, 0) is 50.4 Å². The number of ether oxygens (including phenoxy) is 1. The first kappa shape index (κ1) is 24.0. The minimum Gasteiger partial charge on any atom is -1.00 e. The zero-order valence-corrected chi connectivity index (χ0v) is 19.4. The van der Waals surface area contributed by atoms with E-state index in [1.165, 1.54) is 77.0 Å². The maximum absolute atomic E-state index is 12.5. The molecular weight excluding hydrogens is 370 g/mol. The number of esters is 1. The topological polar surface area (TPSA) is 26.3 Å². The van der Waals surface area contributed by atoms with E-state index >= 15 is 0 Å². The van der Waals surface area contributed by atoms with Crippen LogP contribution in [0.3, 0.4) is 0 Å². The van der Waals surface area contributed by atoms with Crippen LogP contribution in [0.4, 0.5) is 0 Å². The molecule has 0 aliphatic heterocycles. The molecule has 0 aromatic carbocycles. The molecule has 0 radical (unpaired) electrons. The van der Waals surface area contributed by atoms with E-state index in [4.69, 9.17) is 4.74 Å². The first-order chi connectivity index (χ1) is 13.0. The van der Waals surface area contributed by atoms with E-state index in [9.17, 15) is 4.79 Å². The van der Waals surface area contributed by atoms with Crippen molar-refractivity contribution >= 4 is 5.97 Å². The third-order valence-electron chi connectivity index (χ3n) is 7.78.